The van der Waals surface area contributed by atoms with Gasteiger partial charge in [-0.3, -0.25) is 9.59 Å². The standard InChI is InChI=1S/C16H18N4O2S/c1-11-17-16(23-19-11)15(22)18-13(12-6-3-2-4-7-12)10-20-9-5-8-14(20)21/h2-4,6-7,13H,5,8-10H2,1H3,(H,18,22)/t13-/m0/s1. The first kappa shape index (κ1) is 15.6. The first-order valence-corrected chi connectivity index (χ1v) is 8.35. The van der Waals surface area contributed by atoms with Gasteiger partial charge in [-0.25, -0.2) is 4.98 Å². The summed E-state index contributed by atoms with van der Waals surface area (Å²) in [6.45, 7) is 2.98. The van der Waals surface area contributed by atoms with Crippen molar-refractivity contribution >= 4 is 23.3 Å². The summed E-state index contributed by atoms with van der Waals surface area (Å²) < 4.78 is 4.04. The summed E-state index contributed by atoms with van der Waals surface area (Å²) in [5.74, 6) is 0.481. The monoisotopic (exact) mass is 330 g/mol. The summed E-state index contributed by atoms with van der Waals surface area (Å²) in [6.07, 6.45) is 1.47. The van der Waals surface area contributed by atoms with Crippen LogP contribution in [0.15, 0.2) is 30.3 Å². The summed E-state index contributed by atoms with van der Waals surface area (Å²) in [7, 11) is 0. The average Bonchev–Trinajstić information content (AvgIpc) is 3.16. The van der Waals surface area contributed by atoms with Crippen molar-refractivity contribution in [2.75, 3.05) is 13.1 Å². The first-order chi connectivity index (χ1) is 11.1. The van der Waals surface area contributed by atoms with E-state index in [-0.39, 0.29) is 17.9 Å². The molecule has 1 aliphatic heterocycles. The van der Waals surface area contributed by atoms with E-state index in [1.807, 2.05) is 35.2 Å². The van der Waals surface area contributed by atoms with Crippen LogP contribution in [-0.2, 0) is 4.79 Å². The van der Waals surface area contributed by atoms with Crippen LogP contribution in [0, 0.1) is 6.92 Å². The van der Waals surface area contributed by atoms with Gasteiger partial charge in [0.1, 0.15) is 5.82 Å². The van der Waals surface area contributed by atoms with Crippen LogP contribution in [0.4, 0.5) is 0 Å². The summed E-state index contributed by atoms with van der Waals surface area (Å²) in [5, 5.41) is 3.33. The van der Waals surface area contributed by atoms with E-state index >= 15 is 0 Å². The second-order valence-corrected chi connectivity index (χ2v) is 6.28. The van der Waals surface area contributed by atoms with Gasteiger partial charge in [0.2, 0.25) is 10.9 Å². The third-order valence-electron chi connectivity index (χ3n) is 3.80. The summed E-state index contributed by atoms with van der Waals surface area (Å²) in [5.41, 5.74) is 0.974. The Labute approximate surface area is 138 Å². The van der Waals surface area contributed by atoms with Crippen molar-refractivity contribution < 1.29 is 9.59 Å². The molecule has 0 bridgehead atoms. The second-order valence-electron chi connectivity index (χ2n) is 5.53. The van der Waals surface area contributed by atoms with Gasteiger partial charge in [0.15, 0.2) is 0 Å². The fourth-order valence-electron chi connectivity index (χ4n) is 2.65. The number of rotatable bonds is 5. The van der Waals surface area contributed by atoms with Crippen molar-refractivity contribution in [2.24, 2.45) is 0 Å². The molecule has 6 nitrogen and oxygen atoms in total. The van der Waals surface area contributed by atoms with Crippen LogP contribution >= 0.6 is 11.5 Å². The number of hydrogen-bond acceptors (Lipinski definition) is 5. The zero-order chi connectivity index (χ0) is 16.2. The highest BCUT2D eigenvalue weighted by Gasteiger charge is 2.26. The number of aryl methyl sites for hydroxylation is 1. The summed E-state index contributed by atoms with van der Waals surface area (Å²) in [6, 6.07) is 9.44. The molecule has 2 aromatic rings. The average molecular weight is 330 g/mol. The highest BCUT2D eigenvalue weighted by molar-refractivity contribution is 7.07. The van der Waals surface area contributed by atoms with Crippen molar-refractivity contribution in [2.45, 2.75) is 25.8 Å². The zero-order valence-corrected chi connectivity index (χ0v) is 13.7. The highest BCUT2D eigenvalue weighted by Crippen LogP contribution is 2.19. The SMILES string of the molecule is Cc1nsc(C(=O)N[C@@H](CN2CCCC2=O)c2ccccc2)n1. The van der Waals surface area contributed by atoms with Crippen LogP contribution in [-0.4, -0.2) is 39.2 Å². The molecule has 7 heteroatoms. The molecular formula is C16H18N4O2S. The minimum Gasteiger partial charge on any atom is -0.341 e. The molecule has 1 fully saturated rings. The predicted molar refractivity (Wildman–Crippen MR) is 87.1 cm³/mol. The fourth-order valence-corrected chi connectivity index (χ4v) is 3.22. The molecule has 0 unspecified atom stereocenters. The van der Waals surface area contributed by atoms with E-state index < -0.39 is 0 Å². The molecule has 0 aliphatic carbocycles. The van der Waals surface area contributed by atoms with E-state index in [4.69, 9.17) is 0 Å². The lowest BCUT2D eigenvalue weighted by atomic mass is 10.1. The van der Waals surface area contributed by atoms with Crippen molar-refractivity contribution in [3.63, 3.8) is 0 Å². The van der Waals surface area contributed by atoms with Gasteiger partial charge >= 0.3 is 0 Å². The molecule has 1 aliphatic rings. The molecule has 1 N–H and O–H groups in total. The van der Waals surface area contributed by atoms with Gasteiger partial charge in [-0.15, -0.1) is 0 Å². The number of aromatic nitrogens is 2. The maximum atomic E-state index is 12.4. The number of nitrogens with one attached hydrogen (secondary N) is 1. The summed E-state index contributed by atoms with van der Waals surface area (Å²) in [4.78, 5) is 30.2. The molecule has 23 heavy (non-hydrogen) atoms. The zero-order valence-electron chi connectivity index (χ0n) is 12.9. The molecule has 1 saturated heterocycles. The van der Waals surface area contributed by atoms with E-state index in [0.717, 1.165) is 30.1 Å². The smallest absolute Gasteiger partial charge is 0.282 e. The molecule has 3 rings (SSSR count). The maximum absolute atomic E-state index is 12.4. The fraction of sp³-hybridized carbons (Fsp3) is 0.375. The van der Waals surface area contributed by atoms with Crippen LogP contribution in [0.2, 0.25) is 0 Å². The van der Waals surface area contributed by atoms with Gasteiger partial charge in [0.25, 0.3) is 5.91 Å². The number of nitrogens with zero attached hydrogens (tertiary/aromatic N) is 3. The molecule has 1 atom stereocenters. The van der Waals surface area contributed by atoms with E-state index in [2.05, 4.69) is 14.7 Å². The van der Waals surface area contributed by atoms with Gasteiger partial charge in [0.05, 0.1) is 6.04 Å². The Kier molecular flexibility index (Phi) is 4.66. The van der Waals surface area contributed by atoms with E-state index in [1.165, 1.54) is 0 Å². The quantitative estimate of drug-likeness (QED) is 0.909. The largest absolute Gasteiger partial charge is 0.341 e. The normalized spacial score (nSPS) is 15.7. The minimum atomic E-state index is -0.255. The number of carbonyl (C=O) groups excluding carboxylic acids is 2. The Bertz CT molecular complexity index is 701. The number of amides is 2. The molecule has 1 aromatic carbocycles. The van der Waals surface area contributed by atoms with Crippen LogP contribution < -0.4 is 5.32 Å². The van der Waals surface area contributed by atoms with Crippen LogP contribution in [0.1, 0.15) is 40.1 Å². The predicted octanol–water partition coefficient (Wildman–Crippen LogP) is 1.94. The topological polar surface area (TPSA) is 75.2 Å². The Morgan fingerprint density at radius 2 is 2.17 bits per heavy atom. The second kappa shape index (κ2) is 6.87. The van der Waals surface area contributed by atoms with Gasteiger partial charge in [-0.05, 0) is 30.4 Å². The Morgan fingerprint density at radius 1 is 1.39 bits per heavy atom. The van der Waals surface area contributed by atoms with Crippen LogP contribution in [0.3, 0.4) is 0 Å². The molecule has 0 saturated carbocycles. The van der Waals surface area contributed by atoms with Crippen molar-refractivity contribution in [1.29, 1.82) is 0 Å². The minimum absolute atomic E-state index is 0.145. The Balaban J connectivity index is 1.77. The first-order valence-electron chi connectivity index (χ1n) is 7.57. The number of likely N-dealkylation sites (tertiary alicyclic amines) is 1. The lowest BCUT2D eigenvalue weighted by molar-refractivity contribution is -0.128. The van der Waals surface area contributed by atoms with Gasteiger partial charge in [-0.1, -0.05) is 30.3 Å². The maximum Gasteiger partial charge on any atom is 0.282 e. The van der Waals surface area contributed by atoms with E-state index in [1.54, 1.807) is 6.92 Å². The van der Waals surface area contributed by atoms with Crippen molar-refractivity contribution in [3.8, 4) is 0 Å². The molecule has 1 aromatic heterocycles. The Morgan fingerprint density at radius 3 is 2.78 bits per heavy atom. The van der Waals surface area contributed by atoms with E-state index in [0.29, 0.717) is 23.8 Å². The molecule has 2 amide bonds. The third kappa shape index (κ3) is 3.73. The van der Waals surface area contributed by atoms with Crippen molar-refractivity contribution in [1.82, 2.24) is 19.6 Å². The lowest BCUT2D eigenvalue weighted by Gasteiger charge is -2.24. The van der Waals surface area contributed by atoms with Gasteiger partial charge in [-0.2, -0.15) is 4.37 Å². The Hall–Kier alpha value is -2.28. The van der Waals surface area contributed by atoms with Crippen LogP contribution in [0.5, 0.6) is 0 Å². The third-order valence-corrected chi connectivity index (χ3v) is 4.61. The van der Waals surface area contributed by atoms with Gasteiger partial charge in [0, 0.05) is 19.5 Å². The highest BCUT2D eigenvalue weighted by atomic mass is 32.1. The number of hydrogen-bond donors (Lipinski definition) is 1. The molecule has 0 spiro atoms. The summed E-state index contributed by atoms with van der Waals surface area (Å²) >= 11 is 1.08. The number of benzene rings is 1. The van der Waals surface area contributed by atoms with Crippen LogP contribution in [0.25, 0.3) is 0 Å². The van der Waals surface area contributed by atoms with E-state index in [9.17, 15) is 9.59 Å². The molecule has 120 valence electrons. The molecule has 0 radical (unpaired) electrons. The lowest BCUT2D eigenvalue weighted by Crippen LogP contribution is -2.38. The van der Waals surface area contributed by atoms with Gasteiger partial charge < -0.3 is 10.2 Å². The molecular weight excluding hydrogens is 312 g/mol. The molecule has 2 heterocycles. The van der Waals surface area contributed by atoms with Crippen molar-refractivity contribution in [3.05, 3.63) is 46.7 Å². The number of carbonyl (C=O) groups is 2.